The van der Waals surface area contributed by atoms with Gasteiger partial charge in [-0.25, -0.2) is 4.79 Å². The number of nitrogens with one attached hydrogen (secondary N) is 1. The monoisotopic (exact) mass is 382 g/mol. The van der Waals surface area contributed by atoms with Gasteiger partial charge in [-0.2, -0.15) is 5.26 Å². The summed E-state index contributed by atoms with van der Waals surface area (Å²) in [4.78, 5) is 24.2. The topological polar surface area (TPSA) is 97.7 Å². The molecular formula is C21H22N2O5. The Morgan fingerprint density at radius 2 is 1.82 bits per heavy atom. The van der Waals surface area contributed by atoms with Crippen LogP contribution in [0, 0.1) is 11.3 Å². The fraction of sp³-hybridized carbons (Fsp3) is 0.286. The lowest BCUT2D eigenvalue weighted by molar-refractivity contribution is -0.155. The Labute approximate surface area is 163 Å². The molecule has 2 aromatic carbocycles. The summed E-state index contributed by atoms with van der Waals surface area (Å²) in [5, 5.41) is 11.5. The Hall–Kier alpha value is -3.53. The number of carbonyl (C=O) groups excluding carboxylic acids is 2. The van der Waals surface area contributed by atoms with E-state index >= 15 is 0 Å². The number of hydrogen-bond donors (Lipinski definition) is 1. The number of benzene rings is 2. The maximum atomic E-state index is 12.2. The Morgan fingerprint density at radius 1 is 1.11 bits per heavy atom. The lowest BCUT2D eigenvalue weighted by atomic mass is 10.2. The van der Waals surface area contributed by atoms with E-state index in [1.54, 1.807) is 36.4 Å². The van der Waals surface area contributed by atoms with Crippen LogP contribution < -0.4 is 14.8 Å². The first kappa shape index (κ1) is 20.8. The van der Waals surface area contributed by atoms with Crippen LogP contribution in [0.25, 0.3) is 0 Å². The minimum atomic E-state index is -1.02. The van der Waals surface area contributed by atoms with E-state index in [4.69, 9.17) is 19.5 Å². The molecule has 0 spiro atoms. The normalized spacial score (nSPS) is 11.0. The van der Waals surface area contributed by atoms with Gasteiger partial charge in [0, 0.05) is 5.69 Å². The van der Waals surface area contributed by atoms with Crippen molar-refractivity contribution in [2.45, 2.75) is 26.4 Å². The summed E-state index contributed by atoms with van der Waals surface area (Å²) in [5.74, 6) is -0.215. The molecular weight excluding hydrogens is 360 g/mol. The number of nitriles is 1. The number of esters is 1. The largest absolute Gasteiger partial charge is 0.490 e. The summed E-state index contributed by atoms with van der Waals surface area (Å²) in [6.45, 7) is 3.63. The third-order valence-corrected chi connectivity index (χ3v) is 3.59. The van der Waals surface area contributed by atoms with Gasteiger partial charge in [0.05, 0.1) is 18.2 Å². The number of ether oxygens (including phenoxy) is 3. The van der Waals surface area contributed by atoms with Gasteiger partial charge < -0.3 is 19.5 Å². The fourth-order valence-electron chi connectivity index (χ4n) is 2.23. The molecule has 0 heterocycles. The molecule has 0 saturated heterocycles. The number of amides is 1. The zero-order valence-corrected chi connectivity index (χ0v) is 15.8. The quantitative estimate of drug-likeness (QED) is 0.668. The van der Waals surface area contributed by atoms with Crippen LogP contribution in [-0.2, 0) is 14.3 Å². The standard InChI is InChI=1S/C21H22N2O5/c1-3-11-26-18-9-4-5-10-19(18)27-14-20(24)28-15(2)21(25)23-17-8-6-7-16(12-17)13-22/h4-10,12,15H,3,11,14H2,1-2H3,(H,23,25)/t15-/m1/s1. The Kier molecular flexibility index (Phi) is 7.85. The smallest absolute Gasteiger partial charge is 0.344 e. The SMILES string of the molecule is CCCOc1ccccc1OCC(=O)O[C@H](C)C(=O)Nc1cccc(C#N)c1. The molecule has 0 aliphatic rings. The predicted molar refractivity (Wildman–Crippen MR) is 103 cm³/mol. The third-order valence-electron chi connectivity index (χ3n) is 3.59. The van der Waals surface area contributed by atoms with E-state index in [-0.39, 0.29) is 6.61 Å². The van der Waals surface area contributed by atoms with E-state index in [2.05, 4.69) is 5.32 Å². The molecule has 0 radical (unpaired) electrons. The van der Waals surface area contributed by atoms with Gasteiger partial charge >= 0.3 is 5.97 Å². The minimum Gasteiger partial charge on any atom is -0.490 e. The molecule has 1 amide bonds. The fourth-order valence-corrected chi connectivity index (χ4v) is 2.23. The van der Waals surface area contributed by atoms with Crippen LogP contribution in [0.5, 0.6) is 11.5 Å². The predicted octanol–water partition coefficient (Wildman–Crippen LogP) is 3.30. The Morgan fingerprint density at radius 3 is 2.50 bits per heavy atom. The van der Waals surface area contributed by atoms with Crippen molar-refractivity contribution in [3.63, 3.8) is 0 Å². The summed E-state index contributed by atoms with van der Waals surface area (Å²) < 4.78 is 16.1. The van der Waals surface area contributed by atoms with Crippen LogP contribution in [0.15, 0.2) is 48.5 Å². The molecule has 1 atom stereocenters. The molecule has 0 unspecified atom stereocenters. The van der Waals surface area contributed by atoms with Crippen LogP contribution in [0.3, 0.4) is 0 Å². The van der Waals surface area contributed by atoms with Gasteiger partial charge in [-0.05, 0) is 43.7 Å². The van der Waals surface area contributed by atoms with E-state index in [1.807, 2.05) is 19.1 Å². The van der Waals surface area contributed by atoms with Gasteiger partial charge in [-0.3, -0.25) is 4.79 Å². The van der Waals surface area contributed by atoms with Crippen LogP contribution in [-0.4, -0.2) is 31.2 Å². The van der Waals surface area contributed by atoms with Crippen molar-refractivity contribution in [1.82, 2.24) is 0 Å². The van der Waals surface area contributed by atoms with Crippen LogP contribution in [0.2, 0.25) is 0 Å². The van der Waals surface area contributed by atoms with E-state index in [1.165, 1.54) is 13.0 Å². The maximum Gasteiger partial charge on any atom is 0.344 e. The van der Waals surface area contributed by atoms with E-state index in [0.29, 0.717) is 29.4 Å². The molecule has 2 rings (SSSR count). The van der Waals surface area contributed by atoms with Crippen LogP contribution in [0.1, 0.15) is 25.8 Å². The number of hydrogen-bond acceptors (Lipinski definition) is 6. The third kappa shape index (κ3) is 6.32. The van der Waals surface area contributed by atoms with Gasteiger partial charge in [-0.15, -0.1) is 0 Å². The van der Waals surface area contributed by atoms with Gasteiger partial charge in [-0.1, -0.05) is 25.1 Å². The second kappa shape index (κ2) is 10.6. The highest BCUT2D eigenvalue weighted by atomic mass is 16.6. The van der Waals surface area contributed by atoms with Crippen molar-refractivity contribution in [2.75, 3.05) is 18.5 Å². The molecule has 1 N–H and O–H groups in total. The first-order chi connectivity index (χ1) is 13.5. The molecule has 0 aromatic heterocycles. The molecule has 0 bridgehead atoms. The van der Waals surface area contributed by atoms with Crippen molar-refractivity contribution in [3.8, 4) is 17.6 Å². The van der Waals surface area contributed by atoms with E-state index in [0.717, 1.165) is 6.42 Å². The zero-order valence-electron chi connectivity index (χ0n) is 15.8. The van der Waals surface area contributed by atoms with Gasteiger partial charge in [0.15, 0.2) is 24.2 Å². The van der Waals surface area contributed by atoms with Crippen molar-refractivity contribution < 1.29 is 23.8 Å². The molecule has 146 valence electrons. The number of nitrogens with zero attached hydrogens (tertiary/aromatic N) is 1. The highest BCUT2D eigenvalue weighted by molar-refractivity contribution is 5.95. The van der Waals surface area contributed by atoms with Gasteiger partial charge in [0.2, 0.25) is 0 Å². The molecule has 0 aliphatic heterocycles. The van der Waals surface area contributed by atoms with Crippen molar-refractivity contribution in [3.05, 3.63) is 54.1 Å². The highest BCUT2D eigenvalue weighted by Gasteiger charge is 2.19. The average Bonchev–Trinajstić information content (AvgIpc) is 2.71. The summed E-state index contributed by atoms with van der Waals surface area (Å²) in [5.41, 5.74) is 0.866. The van der Waals surface area contributed by atoms with E-state index in [9.17, 15) is 9.59 Å². The second-order valence-corrected chi connectivity index (χ2v) is 5.90. The first-order valence-electron chi connectivity index (χ1n) is 8.88. The Bertz CT molecular complexity index is 860. The lowest BCUT2D eigenvalue weighted by Crippen LogP contribution is -2.31. The van der Waals surface area contributed by atoms with Crippen LogP contribution in [0.4, 0.5) is 5.69 Å². The molecule has 28 heavy (non-hydrogen) atoms. The minimum absolute atomic E-state index is 0.353. The Balaban J connectivity index is 1.85. The van der Waals surface area contributed by atoms with Crippen LogP contribution >= 0.6 is 0 Å². The maximum absolute atomic E-state index is 12.2. The zero-order chi connectivity index (χ0) is 20.4. The molecule has 7 nitrogen and oxygen atoms in total. The number of carbonyl (C=O) groups is 2. The summed E-state index contributed by atoms with van der Waals surface area (Å²) >= 11 is 0. The van der Waals surface area contributed by atoms with E-state index < -0.39 is 18.0 Å². The van der Waals surface area contributed by atoms with Crippen molar-refractivity contribution in [2.24, 2.45) is 0 Å². The molecule has 0 saturated carbocycles. The number of rotatable bonds is 9. The molecule has 0 fully saturated rings. The summed E-state index contributed by atoms with van der Waals surface area (Å²) in [7, 11) is 0. The molecule has 0 aliphatic carbocycles. The summed E-state index contributed by atoms with van der Waals surface area (Å²) in [6.07, 6.45) is -0.172. The van der Waals surface area contributed by atoms with Crippen molar-refractivity contribution >= 4 is 17.6 Å². The second-order valence-electron chi connectivity index (χ2n) is 5.90. The summed E-state index contributed by atoms with van der Waals surface area (Å²) in [6, 6.07) is 15.5. The number of anilines is 1. The average molecular weight is 382 g/mol. The lowest BCUT2D eigenvalue weighted by Gasteiger charge is -2.15. The molecule has 7 heteroatoms. The van der Waals surface area contributed by atoms with Gasteiger partial charge in [0.25, 0.3) is 5.91 Å². The van der Waals surface area contributed by atoms with Gasteiger partial charge in [0.1, 0.15) is 0 Å². The number of para-hydroxylation sites is 2. The van der Waals surface area contributed by atoms with Crippen molar-refractivity contribution in [1.29, 1.82) is 5.26 Å². The first-order valence-corrected chi connectivity index (χ1v) is 8.88. The molecule has 2 aromatic rings. The highest BCUT2D eigenvalue weighted by Crippen LogP contribution is 2.26.